The molecule has 6 heteroatoms. The van der Waals surface area contributed by atoms with E-state index in [-0.39, 0.29) is 12.4 Å². The number of nitrogens with zero attached hydrogens (tertiary/aromatic N) is 2. The summed E-state index contributed by atoms with van der Waals surface area (Å²) in [6, 6.07) is 6.84. The first-order valence-electron chi connectivity index (χ1n) is 5.68. The molecule has 2 aromatic rings. The number of aromatic nitrogens is 1. The van der Waals surface area contributed by atoms with Gasteiger partial charge in [0.1, 0.15) is 17.6 Å². The number of rotatable bonds is 5. The third-order valence-electron chi connectivity index (χ3n) is 2.60. The molecule has 0 bridgehead atoms. The van der Waals surface area contributed by atoms with Crippen molar-refractivity contribution in [2.45, 2.75) is 12.8 Å². The molecular weight excluding hydrogens is 248 g/mol. The number of esters is 1. The Hall–Kier alpha value is -2.50. The minimum Gasteiger partial charge on any atom is -0.469 e. The van der Waals surface area contributed by atoms with Crippen molar-refractivity contribution in [3.8, 4) is 11.3 Å². The number of carbonyl (C=O) groups is 1. The van der Waals surface area contributed by atoms with Gasteiger partial charge in [-0.15, -0.1) is 4.91 Å². The third-order valence-corrected chi connectivity index (χ3v) is 2.60. The van der Waals surface area contributed by atoms with Crippen LogP contribution in [0.15, 0.2) is 40.1 Å². The molecule has 0 N–H and O–H groups in total. The Bertz CT molecular complexity index is 592. The van der Waals surface area contributed by atoms with Crippen LogP contribution in [-0.2, 0) is 16.0 Å². The predicted molar refractivity (Wildman–Crippen MR) is 67.7 cm³/mol. The van der Waals surface area contributed by atoms with Crippen molar-refractivity contribution in [3.05, 3.63) is 41.3 Å². The molecule has 6 nitrogen and oxygen atoms in total. The fourth-order valence-electron chi connectivity index (χ4n) is 1.63. The van der Waals surface area contributed by atoms with Crippen LogP contribution in [0, 0.1) is 4.91 Å². The minimum atomic E-state index is -0.324. The minimum absolute atomic E-state index is 0.198. The number of methoxy groups -OCH3 is 1. The van der Waals surface area contributed by atoms with Gasteiger partial charge in [0.05, 0.1) is 13.5 Å². The van der Waals surface area contributed by atoms with Crippen molar-refractivity contribution in [3.63, 3.8) is 0 Å². The van der Waals surface area contributed by atoms with Gasteiger partial charge in [-0.2, -0.15) is 0 Å². The summed E-state index contributed by atoms with van der Waals surface area (Å²) < 4.78 is 9.79. The molecule has 0 fully saturated rings. The van der Waals surface area contributed by atoms with Crippen LogP contribution in [-0.4, -0.2) is 18.1 Å². The van der Waals surface area contributed by atoms with Crippen LogP contribution in [0.5, 0.6) is 0 Å². The second-order valence-electron chi connectivity index (χ2n) is 3.81. The number of ether oxygens (including phenoxy) is 1. The van der Waals surface area contributed by atoms with E-state index in [2.05, 4.69) is 14.9 Å². The first-order valence-corrected chi connectivity index (χ1v) is 5.68. The Morgan fingerprint density at radius 1 is 1.42 bits per heavy atom. The summed E-state index contributed by atoms with van der Waals surface area (Å²) in [6.45, 7) is 0. The lowest BCUT2D eigenvalue weighted by molar-refractivity contribution is -0.140. The summed E-state index contributed by atoms with van der Waals surface area (Å²) >= 11 is 0. The molecule has 19 heavy (non-hydrogen) atoms. The second kappa shape index (κ2) is 5.90. The van der Waals surface area contributed by atoms with E-state index in [1.807, 2.05) is 0 Å². The van der Waals surface area contributed by atoms with E-state index in [9.17, 15) is 9.70 Å². The summed E-state index contributed by atoms with van der Waals surface area (Å²) in [5.74, 6) is 0.0933. The average Bonchev–Trinajstić information content (AvgIpc) is 2.93. The fourth-order valence-corrected chi connectivity index (χ4v) is 1.63. The van der Waals surface area contributed by atoms with Crippen molar-refractivity contribution in [2.24, 2.45) is 5.18 Å². The van der Waals surface area contributed by atoms with Crippen LogP contribution in [0.3, 0.4) is 0 Å². The monoisotopic (exact) mass is 260 g/mol. The molecule has 1 aromatic heterocycles. The third kappa shape index (κ3) is 3.04. The highest BCUT2D eigenvalue weighted by molar-refractivity contribution is 5.72. The zero-order valence-corrected chi connectivity index (χ0v) is 10.3. The molecule has 1 aromatic carbocycles. The van der Waals surface area contributed by atoms with E-state index in [4.69, 9.17) is 4.42 Å². The molecule has 0 saturated carbocycles. The highest BCUT2D eigenvalue weighted by atomic mass is 16.5. The van der Waals surface area contributed by atoms with Crippen LogP contribution in [0.25, 0.3) is 11.3 Å². The van der Waals surface area contributed by atoms with Gasteiger partial charge in [-0.3, -0.25) is 4.79 Å². The molecule has 0 unspecified atom stereocenters. The number of nitroso groups, excluding NO2 is 1. The van der Waals surface area contributed by atoms with Crippen molar-refractivity contribution < 1.29 is 13.9 Å². The fraction of sp³-hybridized carbons (Fsp3) is 0.231. The summed E-state index contributed by atoms with van der Waals surface area (Å²) in [6.07, 6.45) is 1.99. The molecule has 0 atom stereocenters. The zero-order chi connectivity index (χ0) is 13.7. The van der Waals surface area contributed by atoms with Crippen molar-refractivity contribution in [1.29, 1.82) is 0 Å². The van der Waals surface area contributed by atoms with Crippen LogP contribution in [0.4, 0.5) is 5.69 Å². The number of oxazole rings is 1. The molecule has 98 valence electrons. The van der Waals surface area contributed by atoms with E-state index < -0.39 is 0 Å². The van der Waals surface area contributed by atoms with Crippen LogP contribution < -0.4 is 0 Å². The van der Waals surface area contributed by atoms with Gasteiger partial charge in [0.2, 0.25) is 0 Å². The van der Waals surface area contributed by atoms with Gasteiger partial charge in [-0.25, -0.2) is 4.98 Å². The quantitative estimate of drug-likeness (QED) is 0.609. The molecule has 0 saturated heterocycles. The predicted octanol–water partition coefficient (Wildman–Crippen LogP) is 2.85. The summed E-state index contributed by atoms with van der Waals surface area (Å²) in [5, 5.41) is 2.94. The zero-order valence-electron chi connectivity index (χ0n) is 10.3. The smallest absolute Gasteiger partial charge is 0.306 e. The van der Waals surface area contributed by atoms with Gasteiger partial charge in [0.15, 0.2) is 5.89 Å². The maximum Gasteiger partial charge on any atom is 0.306 e. The molecular formula is C13H12N2O4. The first kappa shape index (κ1) is 12.9. The average molecular weight is 260 g/mol. The molecule has 0 aliphatic heterocycles. The number of carbonyl (C=O) groups excluding carboxylic acids is 1. The maximum atomic E-state index is 11.0. The van der Waals surface area contributed by atoms with Gasteiger partial charge in [-0.1, -0.05) is 18.2 Å². The van der Waals surface area contributed by atoms with Crippen LogP contribution >= 0.6 is 0 Å². The van der Waals surface area contributed by atoms with E-state index in [1.165, 1.54) is 13.4 Å². The van der Waals surface area contributed by atoms with E-state index >= 15 is 0 Å². The van der Waals surface area contributed by atoms with E-state index in [0.29, 0.717) is 29.3 Å². The number of hydrogen-bond donors (Lipinski definition) is 0. The van der Waals surface area contributed by atoms with Crippen molar-refractivity contribution in [1.82, 2.24) is 4.98 Å². The Morgan fingerprint density at radius 2 is 2.21 bits per heavy atom. The molecule has 0 spiro atoms. The lowest BCUT2D eigenvalue weighted by Gasteiger charge is -1.97. The van der Waals surface area contributed by atoms with Gasteiger partial charge in [0, 0.05) is 12.0 Å². The summed E-state index contributed by atoms with van der Waals surface area (Å²) in [7, 11) is 1.33. The van der Waals surface area contributed by atoms with E-state index in [1.54, 1.807) is 24.3 Å². The molecule has 0 aliphatic carbocycles. The van der Waals surface area contributed by atoms with Crippen molar-refractivity contribution in [2.75, 3.05) is 7.11 Å². The summed E-state index contributed by atoms with van der Waals surface area (Å²) in [5.41, 5.74) is 1.43. The highest BCUT2D eigenvalue weighted by Gasteiger charge is 2.11. The Labute approximate surface area is 109 Å². The van der Waals surface area contributed by atoms with Crippen molar-refractivity contribution >= 4 is 11.7 Å². The SMILES string of the molecule is COC(=O)CCc1nc(-c2ccccc2N=O)co1. The van der Waals surface area contributed by atoms with Gasteiger partial charge < -0.3 is 9.15 Å². The Morgan fingerprint density at radius 3 is 2.95 bits per heavy atom. The highest BCUT2D eigenvalue weighted by Crippen LogP contribution is 2.29. The number of aryl methyl sites for hydroxylation is 1. The topological polar surface area (TPSA) is 81.8 Å². The second-order valence-corrected chi connectivity index (χ2v) is 3.81. The maximum absolute atomic E-state index is 11.0. The Balaban J connectivity index is 2.16. The van der Waals surface area contributed by atoms with Gasteiger partial charge in [-0.05, 0) is 11.2 Å². The Kier molecular flexibility index (Phi) is 4.02. The molecule has 0 amide bonds. The lowest BCUT2D eigenvalue weighted by Crippen LogP contribution is -2.01. The standard InChI is InChI=1S/C13H12N2O4/c1-18-13(16)7-6-12-14-11(8-19-12)9-4-2-3-5-10(9)15-17/h2-5,8H,6-7H2,1H3. The lowest BCUT2D eigenvalue weighted by atomic mass is 10.1. The normalized spacial score (nSPS) is 10.2. The van der Waals surface area contributed by atoms with Crippen LogP contribution in [0.1, 0.15) is 12.3 Å². The van der Waals surface area contributed by atoms with Gasteiger partial charge >= 0.3 is 5.97 Å². The van der Waals surface area contributed by atoms with Crippen LogP contribution in [0.2, 0.25) is 0 Å². The molecule has 2 rings (SSSR count). The molecule has 0 aliphatic rings. The molecule has 0 radical (unpaired) electrons. The number of hydrogen-bond acceptors (Lipinski definition) is 6. The van der Waals surface area contributed by atoms with Gasteiger partial charge in [0.25, 0.3) is 0 Å². The summed E-state index contributed by atoms with van der Waals surface area (Å²) in [4.78, 5) is 25.9. The van der Waals surface area contributed by atoms with E-state index in [0.717, 1.165) is 0 Å². The largest absolute Gasteiger partial charge is 0.469 e. The number of benzene rings is 1. The first-order chi connectivity index (χ1) is 9.24. The molecule has 1 heterocycles.